The number of hydrogen-bond donors (Lipinski definition) is 1. The Bertz CT molecular complexity index is 879. The molecule has 1 aliphatic heterocycles. The fourth-order valence-corrected chi connectivity index (χ4v) is 2.53. The summed E-state index contributed by atoms with van der Waals surface area (Å²) in [5.74, 6) is -0.449. The Balaban J connectivity index is 1.46. The highest BCUT2D eigenvalue weighted by Gasteiger charge is 2.31. The van der Waals surface area contributed by atoms with E-state index in [1.54, 1.807) is 6.20 Å². The van der Waals surface area contributed by atoms with Crippen LogP contribution in [0.4, 0.5) is 10.2 Å². The molecule has 0 bridgehead atoms. The minimum Gasteiger partial charge on any atom is -0.387 e. The maximum Gasteiger partial charge on any atom is 0.258 e. The number of ether oxygens (including phenoxy) is 1. The van der Waals surface area contributed by atoms with Crippen molar-refractivity contribution >= 4 is 17.4 Å². The minimum atomic E-state index is -0.536. The summed E-state index contributed by atoms with van der Waals surface area (Å²) in [6.07, 6.45) is 7.44. The van der Waals surface area contributed by atoms with Crippen molar-refractivity contribution in [1.82, 2.24) is 15.0 Å². The summed E-state index contributed by atoms with van der Waals surface area (Å²) >= 11 is 0. The van der Waals surface area contributed by atoms with Crippen molar-refractivity contribution in [2.75, 3.05) is 18.5 Å². The van der Waals surface area contributed by atoms with Crippen molar-refractivity contribution in [2.24, 2.45) is 11.1 Å². The summed E-state index contributed by atoms with van der Waals surface area (Å²) < 4.78 is 18.6. The average Bonchev–Trinajstić information content (AvgIpc) is 3.45. The van der Waals surface area contributed by atoms with E-state index in [0.717, 1.165) is 24.8 Å². The topological polar surface area (TPSA) is 98.6 Å². The maximum atomic E-state index is 13.6. The van der Waals surface area contributed by atoms with Crippen molar-refractivity contribution in [3.8, 4) is 0 Å². The van der Waals surface area contributed by atoms with Crippen LogP contribution < -0.4 is 5.32 Å². The van der Waals surface area contributed by atoms with E-state index in [-0.39, 0.29) is 23.0 Å². The Morgan fingerprint density at radius 1 is 1.26 bits per heavy atom. The second-order valence-electron chi connectivity index (χ2n) is 6.55. The molecule has 3 heterocycles. The van der Waals surface area contributed by atoms with Crippen molar-refractivity contribution in [3.05, 3.63) is 47.4 Å². The molecule has 1 saturated carbocycles. The lowest BCUT2D eigenvalue weighted by Gasteiger charge is -2.23. The molecule has 1 saturated heterocycles. The molecule has 2 aromatic heterocycles. The number of aromatic nitrogens is 3. The van der Waals surface area contributed by atoms with E-state index >= 15 is 0 Å². The molecular formula is C18H18FN5O3. The molecule has 0 unspecified atom stereocenters. The van der Waals surface area contributed by atoms with Gasteiger partial charge in [0.2, 0.25) is 0 Å². The molecule has 4 rings (SSSR count). The van der Waals surface area contributed by atoms with Gasteiger partial charge in [-0.05, 0) is 19.8 Å². The van der Waals surface area contributed by atoms with Crippen LogP contribution in [0.25, 0.3) is 0 Å². The first kappa shape index (κ1) is 17.5. The highest BCUT2D eigenvalue weighted by Crippen LogP contribution is 2.33. The van der Waals surface area contributed by atoms with E-state index in [1.807, 2.05) is 0 Å². The van der Waals surface area contributed by atoms with Gasteiger partial charge in [-0.15, -0.1) is 0 Å². The summed E-state index contributed by atoms with van der Waals surface area (Å²) in [5.41, 5.74) is 1.75. The number of nitrogens with one attached hydrogen (secondary N) is 1. The molecule has 8 nitrogen and oxygen atoms in total. The third kappa shape index (κ3) is 3.92. The molecule has 9 heteroatoms. The number of oxime groups is 1. The SMILES string of the molecule is Cc1c(F)cncc1C(=O)Nc1cnc(C(=NOC2COC2)C2CC2)cn1. The fraction of sp³-hybridized carbons (Fsp3) is 0.389. The molecule has 0 radical (unpaired) electrons. The highest BCUT2D eigenvalue weighted by atomic mass is 19.1. The Morgan fingerprint density at radius 3 is 2.70 bits per heavy atom. The molecule has 2 aliphatic rings. The van der Waals surface area contributed by atoms with Crippen molar-refractivity contribution in [3.63, 3.8) is 0 Å². The number of amides is 1. The van der Waals surface area contributed by atoms with Gasteiger partial charge in [-0.1, -0.05) is 5.16 Å². The Hall–Kier alpha value is -2.94. The van der Waals surface area contributed by atoms with Gasteiger partial charge in [0.1, 0.15) is 17.2 Å². The normalized spacial score (nSPS) is 17.3. The minimum absolute atomic E-state index is 0.00612. The number of anilines is 1. The number of hydrogen-bond acceptors (Lipinski definition) is 7. The molecule has 0 spiro atoms. The predicted molar refractivity (Wildman–Crippen MR) is 93.9 cm³/mol. The third-order valence-corrected chi connectivity index (χ3v) is 4.43. The number of carbonyl (C=O) groups is 1. The first-order valence-corrected chi connectivity index (χ1v) is 8.67. The smallest absolute Gasteiger partial charge is 0.258 e. The van der Waals surface area contributed by atoms with Gasteiger partial charge in [0, 0.05) is 17.7 Å². The lowest BCUT2D eigenvalue weighted by Crippen LogP contribution is -2.35. The molecular weight excluding hydrogens is 353 g/mol. The Morgan fingerprint density at radius 2 is 2.07 bits per heavy atom. The van der Waals surface area contributed by atoms with Crippen LogP contribution in [0.2, 0.25) is 0 Å². The van der Waals surface area contributed by atoms with Crippen LogP contribution >= 0.6 is 0 Å². The highest BCUT2D eigenvalue weighted by molar-refractivity contribution is 6.05. The van der Waals surface area contributed by atoms with Gasteiger partial charge in [-0.25, -0.2) is 14.4 Å². The average molecular weight is 371 g/mol. The Kier molecular flexibility index (Phi) is 4.76. The molecule has 2 fully saturated rings. The standard InChI is InChI=1S/C18H18FN5O3/c1-10-13(4-20-5-14(10)19)18(25)23-16-7-21-15(6-22-16)17(11-2-3-11)24-27-12-8-26-9-12/h4-7,11-12H,2-3,8-9H2,1H3,(H,22,23,25). The fourth-order valence-electron chi connectivity index (χ4n) is 2.53. The summed E-state index contributed by atoms with van der Waals surface area (Å²) in [7, 11) is 0. The zero-order valence-corrected chi connectivity index (χ0v) is 14.7. The van der Waals surface area contributed by atoms with E-state index < -0.39 is 11.7 Å². The van der Waals surface area contributed by atoms with Gasteiger partial charge in [-0.3, -0.25) is 9.78 Å². The summed E-state index contributed by atoms with van der Waals surface area (Å²) in [4.78, 5) is 30.0. The van der Waals surface area contributed by atoms with E-state index in [2.05, 4.69) is 25.4 Å². The Labute approximate surface area is 154 Å². The predicted octanol–water partition coefficient (Wildman–Crippen LogP) is 2.10. The molecule has 140 valence electrons. The van der Waals surface area contributed by atoms with Crippen molar-refractivity contribution in [2.45, 2.75) is 25.9 Å². The van der Waals surface area contributed by atoms with Crippen LogP contribution in [0.1, 0.15) is 34.5 Å². The van der Waals surface area contributed by atoms with E-state index in [9.17, 15) is 9.18 Å². The molecule has 27 heavy (non-hydrogen) atoms. The van der Waals surface area contributed by atoms with Gasteiger partial charge in [0.15, 0.2) is 11.9 Å². The molecule has 1 N–H and O–H groups in total. The van der Waals surface area contributed by atoms with Gasteiger partial charge >= 0.3 is 0 Å². The van der Waals surface area contributed by atoms with Gasteiger partial charge in [-0.2, -0.15) is 0 Å². The van der Waals surface area contributed by atoms with E-state index in [1.165, 1.54) is 19.3 Å². The summed E-state index contributed by atoms with van der Waals surface area (Å²) in [6, 6.07) is 0. The van der Waals surface area contributed by atoms with E-state index in [0.29, 0.717) is 24.8 Å². The number of halogens is 1. The first-order chi connectivity index (χ1) is 13.1. The quantitative estimate of drug-likeness (QED) is 0.617. The van der Waals surface area contributed by atoms with Crippen molar-refractivity contribution < 1.29 is 18.8 Å². The van der Waals surface area contributed by atoms with Crippen molar-refractivity contribution in [1.29, 1.82) is 0 Å². The molecule has 1 aliphatic carbocycles. The number of carbonyl (C=O) groups excluding carboxylic acids is 1. The zero-order chi connectivity index (χ0) is 18.8. The maximum absolute atomic E-state index is 13.6. The number of nitrogens with zero attached hydrogens (tertiary/aromatic N) is 4. The first-order valence-electron chi connectivity index (χ1n) is 8.67. The van der Waals surface area contributed by atoms with Gasteiger partial charge < -0.3 is 14.9 Å². The zero-order valence-electron chi connectivity index (χ0n) is 14.7. The molecule has 2 aromatic rings. The van der Waals surface area contributed by atoms with Crippen LogP contribution in [0.3, 0.4) is 0 Å². The number of rotatable bonds is 6. The lowest BCUT2D eigenvalue weighted by atomic mass is 10.1. The number of pyridine rings is 1. The summed E-state index contributed by atoms with van der Waals surface area (Å²) in [6.45, 7) is 2.62. The second-order valence-corrected chi connectivity index (χ2v) is 6.55. The third-order valence-electron chi connectivity index (χ3n) is 4.43. The van der Waals surface area contributed by atoms with Crippen LogP contribution in [-0.4, -0.2) is 45.9 Å². The summed E-state index contributed by atoms with van der Waals surface area (Å²) in [5, 5.41) is 6.83. The van der Waals surface area contributed by atoms with Crippen LogP contribution in [0.5, 0.6) is 0 Å². The van der Waals surface area contributed by atoms with Gasteiger partial charge in [0.05, 0.1) is 37.4 Å². The molecule has 1 amide bonds. The van der Waals surface area contributed by atoms with E-state index in [4.69, 9.17) is 9.57 Å². The van der Waals surface area contributed by atoms with Crippen LogP contribution in [-0.2, 0) is 9.57 Å². The molecule has 0 atom stereocenters. The second kappa shape index (κ2) is 7.36. The van der Waals surface area contributed by atoms with Crippen LogP contribution in [0, 0.1) is 18.7 Å². The van der Waals surface area contributed by atoms with Gasteiger partial charge in [0.25, 0.3) is 5.91 Å². The largest absolute Gasteiger partial charge is 0.387 e. The lowest BCUT2D eigenvalue weighted by molar-refractivity contribution is -0.129. The van der Waals surface area contributed by atoms with Crippen LogP contribution in [0.15, 0.2) is 29.9 Å². The molecule has 0 aromatic carbocycles. The monoisotopic (exact) mass is 371 g/mol.